The first-order valence-electron chi connectivity index (χ1n) is 9.59. The van der Waals surface area contributed by atoms with Gasteiger partial charge in [-0.1, -0.05) is 18.2 Å². The monoisotopic (exact) mass is 437 g/mol. The van der Waals surface area contributed by atoms with E-state index in [0.29, 0.717) is 11.8 Å². The van der Waals surface area contributed by atoms with Gasteiger partial charge in [-0.15, -0.1) is 0 Å². The molecule has 4 rings (SSSR count). The Balaban J connectivity index is 1.49. The van der Waals surface area contributed by atoms with Crippen LogP contribution in [0.25, 0.3) is 11.0 Å². The zero-order valence-electron chi connectivity index (χ0n) is 16.9. The lowest BCUT2D eigenvalue weighted by Crippen LogP contribution is -2.20. The van der Waals surface area contributed by atoms with Crippen LogP contribution in [-0.2, 0) is 4.79 Å². The molecule has 0 saturated carbocycles. The third kappa shape index (κ3) is 4.59. The number of hydrogen-bond donors (Lipinski definition) is 1. The summed E-state index contributed by atoms with van der Waals surface area (Å²) in [6, 6.07) is 16.2. The van der Waals surface area contributed by atoms with Crippen LogP contribution in [0.1, 0.15) is 5.76 Å². The molecule has 0 spiro atoms. The first-order chi connectivity index (χ1) is 15.4. The van der Waals surface area contributed by atoms with Crippen molar-refractivity contribution in [1.29, 1.82) is 0 Å². The topological polar surface area (TPSA) is 77.8 Å². The van der Waals surface area contributed by atoms with Crippen LogP contribution in [-0.4, -0.2) is 12.5 Å². The van der Waals surface area contributed by atoms with Crippen molar-refractivity contribution in [3.8, 4) is 17.2 Å². The second kappa shape index (κ2) is 8.89. The Morgan fingerprint density at radius 2 is 1.78 bits per heavy atom. The van der Waals surface area contributed by atoms with Crippen molar-refractivity contribution in [2.75, 3.05) is 11.9 Å². The molecule has 8 heteroatoms. The number of anilines is 1. The lowest BCUT2D eigenvalue weighted by molar-refractivity contribution is -0.118. The number of para-hydroxylation sites is 1. The van der Waals surface area contributed by atoms with Gasteiger partial charge in [0.1, 0.15) is 34.5 Å². The molecule has 1 aromatic heterocycles. The molecule has 0 aliphatic carbocycles. The van der Waals surface area contributed by atoms with E-state index >= 15 is 0 Å². The number of ether oxygens (including phenoxy) is 2. The molecule has 3 aromatic carbocycles. The number of aryl methyl sites for hydroxylation is 1. The summed E-state index contributed by atoms with van der Waals surface area (Å²) < 4.78 is 43.4. The van der Waals surface area contributed by atoms with Crippen LogP contribution < -0.4 is 20.2 Å². The summed E-state index contributed by atoms with van der Waals surface area (Å²) in [5.74, 6) is -1.14. The number of rotatable bonds is 6. The maximum absolute atomic E-state index is 13.6. The molecule has 4 aromatic rings. The molecule has 0 aliphatic heterocycles. The first-order valence-corrected chi connectivity index (χ1v) is 9.59. The number of fused-ring (bicyclic) bond motifs is 1. The van der Waals surface area contributed by atoms with E-state index in [9.17, 15) is 18.4 Å². The van der Waals surface area contributed by atoms with Crippen LogP contribution in [0.2, 0.25) is 0 Å². The SMILES string of the molecule is Cc1oc2cc(OCC(=O)Nc3ccc(F)cc3F)ccc2c(=O)c1Oc1ccccc1. The fourth-order valence-electron chi connectivity index (χ4n) is 3.01. The number of carbonyl (C=O) groups excluding carboxylic acids is 1. The van der Waals surface area contributed by atoms with Crippen LogP contribution in [0.3, 0.4) is 0 Å². The van der Waals surface area contributed by atoms with E-state index in [0.717, 1.165) is 12.1 Å². The highest BCUT2D eigenvalue weighted by molar-refractivity contribution is 5.92. The van der Waals surface area contributed by atoms with Gasteiger partial charge in [-0.05, 0) is 43.3 Å². The van der Waals surface area contributed by atoms with E-state index < -0.39 is 24.1 Å². The van der Waals surface area contributed by atoms with Crippen molar-refractivity contribution in [3.63, 3.8) is 0 Å². The highest BCUT2D eigenvalue weighted by Gasteiger charge is 2.15. The maximum Gasteiger partial charge on any atom is 0.262 e. The second-order valence-electron chi connectivity index (χ2n) is 6.85. The quantitative estimate of drug-likeness (QED) is 0.449. The smallest absolute Gasteiger partial charge is 0.262 e. The van der Waals surface area contributed by atoms with Crippen molar-refractivity contribution in [2.24, 2.45) is 0 Å². The Bertz CT molecular complexity index is 1350. The summed E-state index contributed by atoms with van der Waals surface area (Å²) in [7, 11) is 0. The van der Waals surface area contributed by atoms with E-state index in [2.05, 4.69) is 5.32 Å². The van der Waals surface area contributed by atoms with E-state index in [1.54, 1.807) is 31.2 Å². The summed E-state index contributed by atoms with van der Waals surface area (Å²) in [5.41, 5.74) is -0.245. The second-order valence-corrected chi connectivity index (χ2v) is 6.85. The Morgan fingerprint density at radius 1 is 1.00 bits per heavy atom. The summed E-state index contributed by atoms with van der Waals surface area (Å²) in [5, 5.41) is 2.58. The predicted molar refractivity (Wildman–Crippen MR) is 114 cm³/mol. The molecule has 162 valence electrons. The molecule has 0 atom stereocenters. The molecule has 0 aliphatic rings. The zero-order valence-corrected chi connectivity index (χ0v) is 16.9. The molecule has 0 fully saturated rings. The lowest BCUT2D eigenvalue weighted by Gasteiger charge is -2.11. The van der Waals surface area contributed by atoms with Crippen LogP contribution in [0.15, 0.2) is 75.9 Å². The standard InChI is InChI=1S/C24H17F2NO5/c1-14-24(32-16-5-3-2-4-6-16)23(29)18-9-8-17(12-21(18)31-14)30-13-22(28)27-20-10-7-15(25)11-19(20)26/h2-12H,13H2,1H3,(H,27,28). The average Bonchev–Trinajstić information content (AvgIpc) is 2.77. The molecular weight excluding hydrogens is 420 g/mol. The Hall–Kier alpha value is -4.20. The van der Waals surface area contributed by atoms with Gasteiger partial charge in [-0.25, -0.2) is 8.78 Å². The summed E-state index contributed by atoms with van der Waals surface area (Å²) >= 11 is 0. The summed E-state index contributed by atoms with van der Waals surface area (Å²) in [6.07, 6.45) is 0. The molecule has 1 amide bonds. The van der Waals surface area contributed by atoms with Gasteiger partial charge in [0.15, 0.2) is 6.61 Å². The fourth-order valence-corrected chi connectivity index (χ4v) is 3.01. The minimum Gasteiger partial charge on any atom is -0.484 e. The lowest BCUT2D eigenvalue weighted by atomic mass is 10.2. The van der Waals surface area contributed by atoms with E-state index in [1.807, 2.05) is 6.07 Å². The highest BCUT2D eigenvalue weighted by Crippen LogP contribution is 2.27. The number of benzene rings is 3. The van der Waals surface area contributed by atoms with Gasteiger partial charge in [0.05, 0.1) is 11.1 Å². The van der Waals surface area contributed by atoms with Gasteiger partial charge in [-0.2, -0.15) is 0 Å². The number of hydrogen-bond acceptors (Lipinski definition) is 5. The van der Waals surface area contributed by atoms with E-state index in [4.69, 9.17) is 13.9 Å². The van der Waals surface area contributed by atoms with Crippen molar-refractivity contribution < 1.29 is 27.5 Å². The van der Waals surface area contributed by atoms with Gasteiger partial charge < -0.3 is 19.2 Å². The van der Waals surface area contributed by atoms with Crippen molar-refractivity contribution in [3.05, 3.63) is 94.3 Å². The highest BCUT2D eigenvalue weighted by atomic mass is 19.1. The van der Waals surface area contributed by atoms with E-state index in [-0.39, 0.29) is 39.3 Å². The third-order valence-corrected chi connectivity index (χ3v) is 4.53. The predicted octanol–water partition coefficient (Wildman–Crippen LogP) is 5.19. The van der Waals surface area contributed by atoms with Crippen LogP contribution in [0.4, 0.5) is 14.5 Å². The number of amides is 1. The van der Waals surface area contributed by atoms with Gasteiger partial charge in [0.25, 0.3) is 5.91 Å². The molecule has 6 nitrogen and oxygen atoms in total. The van der Waals surface area contributed by atoms with Crippen LogP contribution in [0, 0.1) is 18.6 Å². The Labute approximate surface area is 181 Å². The zero-order chi connectivity index (χ0) is 22.7. The fraction of sp³-hybridized carbons (Fsp3) is 0.0833. The van der Waals surface area contributed by atoms with Crippen molar-refractivity contribution >= 4 is 22.6 Å². The Morgan fingerprint density at radius 3 is 2.53 bits per heavy atom. The van der Waals surface area contributed by atoms with Crippen LogP contribution in [0.5, 0.6) is 17.2 Å². The third-order valence-electron chi connectivity index (χ3n) is 4.53. The maximum atomic E-state index is 13.6. The number of nitrogens with one attached hydrogen (secondary N) is 1. The van der Waals surface area contributed by atoms with Crippen molar-refractivity contribution in [1.82, 2.24) is 0 Å². The molecule has 1 N–H and O–H groups in total. The average molecular weight is 437 g/mol. The normalized spacial score (nSPS) is 10.7. The largest absolute Gasteiger partial charge is 0.484 e. The van der Waals surface area contributed by atoms with Gasteiger partial charge in [0, 0.05) is 12.1 Å². The first kappa shape index (κ1) is 21.0. The molecule has 0 radical (unpaired) electrons. The molecule has 32 heavy (non-hydrogen) atoms. The van der Waals surface area contributed by atoms with Crippen LogP contribution >= 0.6 is 0 Å². The minimum absolute atomic E-state index is 0.0815. The molecule has 1 heterocycles. The number of halogens is 2. The summed E-state index contributed by atoms with van der Waals surface area (Å²) in [6.45, 7) is 1.18. The number of carbonyl (C=O) groups is 1. The van der Waals surface area contributed by atoms with Gasteiger partial charge >= 0.3 is 0 Å². The van der Waals surface area contributed by atoms with Gasteiger partial charge in [-0.3, -0.25) is 9.59 Å². The molecule has 0 unspecified atom stereocenters. The minimum atomic E-state index is -0.894. The molecule has 0 bridgehead atoms. The van der Waals surface area contributed by atoms with Gasteiger partial charge in [0.2, 0.25) is 11.2 Å². The van der Waals surface area contributed by atoms with E-state index in [1.165, 1.54) is 18.2 Å². The molecule has 0 saturated heterocycles. The molecular formula is C24H17F2NO5. The summed E-state index contributed by atoms with van der Waals surface area (Å²) in [4.78, 5) is 24.9. The van der Waals surface area contributed by atoms with Crippen molar-refractivity contribution in [2.45, 2.75) is 6.92 Å². The Kier molecular flexibility index (Phi) is 5.85.